The molecule has 7 aromatic carbocycles. The summed E-state index contributed by atoms with van der Waals surface area (Å²) in [4.78, 5) is 5.54. The van der Waals surface area contributed by atoms with Crippen molar-refractivity contribution in [1.82, 2.24) is 0 Å². The molecule has 0 amide bonds. The Labute approximate surface area is 423 Å². The van der Waals surface area contributed by atoms with Gasteiger partial charge >= 0.3 is 6.85 Å². The van der Waals surface area contributed by atoms with Crippen LogP contribution in [0, 0.1) is 0 Å². The van der Waals surface area contributed by atoms with Crippen molar-refractivity contribution >= 4 is 77.7 Å². The van der Waals surface area contributed by atoms with Crippen molar-refractivity contribution in [3.8, 4) is 22.3 Å². The molecule has 4 heteroatoms. The summed E-state index contributed by atoms with van der Waals surface area (Å²) in [6.45, 7) is 33.9. The molecule has 2 nitrogen and oxygen atoms in total. The molecular formula is C66H71BN2S. The van der Waals surface area contributed by atoms with Gasteiger partial charge in [-0.3, -0.25) is 0 Å². The third-order valence-electron chi connectivity index (χ3n) is 17.7. The van der Waals surface area contributed by atoms with Crippen LogP contribution in [0.15, 0.2) is 127 Å². The number of hydrogen-bond donors (Lipinski definition) is 0. The minimum absolute atomic E-state index is 0.0253. The maximum atomic E-state index is 2.79. The smallest absolute Gasteiger partial charge is 0.343 e. The van der Waals surface area contributed by atoms with Gasteiger partial charge in [0.15, 0.2) is 0 Å². The Hall–Kier alpha value is -5.58. The maximum Gasteiger partial charge on any atom is 0.343 e. The SMILES string of the molecule is CC(C)(C)c1ccc2c(c1)-c1c3c(cc4ccccc14)N(c1ccc(C(C)(C)C)cc1-c1ccccc1)c1c(sc4cc5c(cc14)C(C)(C)CCC5(C)C)B3N2c1ccc2c(c1)C(C)(C)CCC2(C)C. The van der Waals surface area contributed by atoms with Gasteiger partial charge in [0.05, 0.1) is 11.4 Å². The topological polar surface area (TPSA) is 6.48 Å². The van der Waals surface area contributed by atoms with E-state index in [1.165, 1.54) is 141 Å². The first-order valence-electron chi connectivity index (χ1n) is 26.2. The number of hydrogen-bond acceptors (Lipinski definition) is 3. The zero-order chi connectivity index (χ0) is 49.2. The summed E-state index contributed by atoms with van der Waals surface area (Å²) in [6, 6.07) is 50.7. The van der Waals surface area contributed by atoms with E-state index in [2.05, 4.69) is 245 Å². The van der Waals surface area contributed by atoms with E-state index in [0.717, 1.165) is 0 Å². The Bertz CT molecular complexity index is 3480. The molecule has 4 aliphatic rings. The minimum Gasteiger partial charge on any atom is -0.376 e. The highest BCUT2D eigenvalue weighted by Gasteiger charge is 2.49. The maximum absolute atomic E-state index is 2.79. The van der Waals surface area contributed by atoms with Crippen molar-refractivity contribution < 1.29 is 0 Å². The number of fused-ring (bicyclic) bond motifs is 10. The average molecular weight is 935 g/mol. The second-order valence-corrected chi connectivity index (χ2v) is 27.4. The van der Waals surface area contributed by atoms with Crippen molar-refractivity contribution in [2.45, 2.75) is 155 Å². The minimum atomic E-state index is -0.0731. The summed E-state index contributed by atoms with van der Waals surface area (Å²) in [7, 11) is 0. The molecule has 2 aliphatic carbocycles. The molecular weight excluding hydrogens is 864 g/mol. The highest BCUT2D eigenvalue weighted by molar-refractivity contribution is 7.32. The predicted octanol–water partition coefficient (Wildman–Crippen LogP) is 17.7. The van der Waals surface area contributed by atoms with Crippen molar-refractivity contribution in [3.05, 3.63) is 161 Å². The second kappa shape index (κ2) is 15.0. The highest BCUT2D eigenvalue weighted by atomic mass is 32.1. The van der Waals surface area contributed by atoms with Crippen LogP contribution in [-0.2, 0) is 32.5 Å². The number of benzene rings is 7. The first-order valence-corrected chi connectivity index (χ1v) is 27.0. The lowest BCUT2D eigenvalue weighted by molar-refractivity contribution is 0.332. The first-order chi connectivity index (χ1) is 32.9. The zero-order valence-electron chi connectivity index (χ0n) is 44.3. The third-order valence-corrected chi connectivity index (χ3v) is 18.9. The van der Waals surface area contributed by atoms with Crippen molar-refractivity contribution in [2.75, 3.05) is 9.71 Å². The standard InChI is InChI=1S/C66H71BN2S/c1-61(2,3)42-24-28-53(46(35-42)40-20-16-15-17-21-40)68-55-34-41-22-18-19-23-45(41)57-47-36-43(62(4,5)6)25-29-54(47)69(44-26-27-49-50(37-44)64(9,10)31-30-63(49,7)8)67(58(55)57)60-59(68)48-38-51-52(39-56(48)70-60)66(13,14)33-32-65(51,11)12/h15-29,34-39H,30-33H2,1-14H3. The molecule has 70 heavy (non-hydrogen) atoms. The number of rotatable bonds is 3. The van der Waals surface area contributed by atoms with E-state index in [-0.39, 0.29) is 39.3 Å². The molecule has 0 N–H and O–H groups in total. The lowest BCUT2D eigenvalue weighted by Crippen LogP contribution is -2.60. The lowest BCUT2D eigenvalue weighted by Gasteiger charge is -2.47. The van der Waals surface area contributed by atoms with Gasteiger partial charge in [0.1, 0.15) is 0 Å². The molecule has 0 atom stereocenters. The van der Waals surface area contributed by atoms with Gasteiger partial charge in [0, 0.05) is 43.1 Å². The van der Waals surface area contributed by atoms with Gasteiger partial charge < -0.3 is 9.71 Å². The van der Waals surface area contributed by atoms with Crippen LogP contribution < -0.4 is 20.0 Å². The van der Waals surface area contributed by atoms with E-state index in [9.17, 15) is 0 Å². The summed E-state index contributed by atoms with van der Waals surface area (Å²) in [5.41, 5.74) is 22.0. The number of nitrogens with zero attached hydrogens (tertiary/aromatic N) is 2. The Morgan fingerprint density at radius 1 is 0.486 bits per heavy atom. The quantitative estimate of drug-likeness (QED) is 0.163. The molecule has 3 heterocycles. The summed E-state index contributed by atoms with van der Waals surface area (Å²) in [5, 5.41) is 3.96. The molecule has 0 saturated carbocycles. The molecule has 12 rings (SSSR count). The molecule has 2 aliphatic heterocycles. The first kappa shape index (κ1) is 45.6. The number of anilines is 5. The molecule has 0 radical (unpaired) electrons. The van der Waals surface area contributed by atoms with Crippen LogP contribution >= 0.6 is 11.3 Å². The summed E-state index contributed by atoms with van der Waals surface area (Å²) >= 11 is 2.05. The number of thiophene rings is 1. The Morgan fingerprint density at radius 3 is 1.69 bits per heavy atom. The van der Waals surface area contributed by atoms with Gasteiger partial charge in [-0.2, -0.15) is 0 Å². The van der Waals surface area contributed by atoms with Crippen LogP contribution in [0.3, 0.4) is 0 Å². The normalized spacial score (nSPS) is 18.3. The van der Waals surface area contributed by atoms with Gasteiger partial charge in [-0.25, -0.2) is 0 Å². The molecule has 0 spiro atoms. The van der Waals surface area contributed by atoms with Crippen LogP contribution in [0.25, 0.3) is 43.1 Å². The van der Waals surface area contributed by atoms with Crippen LogP contribution in [0.1, 0.15) is 156 Å². The molecule has 0 saturated heterocycles. The Morgan fingerprint density at radius 2 is 1.04 bits per heavy atom. The predicted molar refractivity (Wildman–Crippen MR) is 306 cm³/mol. The molecule has 0 unspecified atom stereocenters. The van der Waals surface area contributed by atoms with Gasteiger partial charge in [-0.05, 0) is 174 Å². The Kier molecular flexibility index (Phi) is 9.75. The van der Waals surface area contributed by atoms with Gasteiger partial charge in [0.2, 0.25) is 0 Å². The van der Waals surface area contributed by atoms with E-state index in [1.807, 2.05) is 0 Å². The summed E-state index contributed by atoms with van der Waals surface area (Å²) in [6.07, 6.45) is 4.73. The van der Waals surface area contributed by atoms with E-state index in [4.69, 9.17) is 0 Å². The third kappa shape index (κ3) is 6.78. The Balaban J connectivity index is 1.26. The van der Waals surface area contributed by atoms with Gasteiger partial charge in [-0.1, -0.05) is 170 Å². The molecule has 1 aromatic heterocycles. The van der Waals surface area contributed by atoms with Crippen LogP contribution in [0.4, 0.5) is 28.4 Å². The van der Waals surface area contributed by atoms with Gasteiger partial charge in [0.25, 0.3) is 0 Å². The zero-order valence-corrected chi connectivity index (χ0v) is 45.1. The van der Waals surface area contributed by atoms with Crippen LogP contribution in [-0.4, -0.2) is 6.85 Å². The van der Waals surface area contributed by atoms with Crippen molar-refractivity contribution in [1.29, 1.82) is 0 Å². The fourth-order valence-electron chi connectivity index (χ4n) is 13.0. The highest BCUT2D eigenvalue weighted by Crippen LogP contribution is 2.57. The fourth-order valence-corrected chi connectivity index (χ4v) is 14.4. The second-order valence-electron chi connectivity index (χ2n) is 26.3. The van der Waals surface area contributed by atoms with Gasteiger partial charge in [-0.15, -0.1) is 11.3 Å². The van der Waals surface area contributed by atoms with Crippen LogP contribution in [0.5, 0.6) is 0 Å². The van der Waals surface area contributed by atoms with E-state index >= 15 is 0 Å². The van der Waals surface area contributed by atoms with E-state index in [0.29, 0.717) is 0 Å². The lowest BCUT2D eigenvalue weighted by atomic mass is 9.46. The largest absolute Gasteiger partial charge is 0.376 e. The molecule has 354 valence electrons. The molecule has 0 bridgehead atoms. The fraction of sp³-hybridized carbons (Fsp3) is 0.364. The van der Waals surface area contributed by atoms with Crippen LogP contribution in [0.2, 0.25) is 0 Å². The molecule has 8 aromatic rings. The monoisotopic (exact) mass is 935 g/mol. The van der Waals surface area contributed by atoms with Crippen molar-refractivity contribution in [3.63, 3.8) is 0 Å². The van der Waals surface area contributed by atoms with Crippen molar-refractivity contribution in [2.24, 2.45) is 0 Å². The average Bonchev–Trinajstić information content (AvgIpc) is 3.69. The summed E-state index contributed by atoms with van der Waals surface area (Å²) in [5.74, 6) is 0. The summed E-state index contributed by atoms with van der Waals surface area (Å²) < 4.78 is 2.80. The molecule has 0 fully saturated rings. The van der Waals surface area contributed by atoms with E-state index < -0.39 is 0 Å². The van der Waals surface area contributed by atoms with E-state index in [1.54, 1.807) is 0 Å².